The lowest BCUT2D eigenvalue weighted by molar-refractivity contribution is 0.251. The molecule has 4 aromatic heterocycles. The van der Waals surface area contributed by atoms with Gasteiger partial charge in [0.25, 0.3) is 0 Å². The van der Waals surface area contributed by atoms with E-state index >= 15 is 0 Å². The zero-order valence-corrected chi connectivity index (χ0v) is 15.8. The number of urea groups is 1. The molecule has 0 aliphatic heterocycles. The van der Waals surface area contributed by atoms with Gasteiger partial charge in [0.15, 0.2) is 5.13 Å². The van der Waals surface area contributed by atoms with E-state index in [1.165, 1.54) is 11.3 Å². The molecule has 8 nitrogen and oxygen atoms in total. The Bertz CT molecular complexity index is 1090. The predicted molar refractivity (Wildman–Crippen MR) is 108 cm³/mol. The average Bonchev–Trinajstić information content (AvgIpc) is 3.36. The second-order valence-corrected chi connectivity index (χ2v) is 6.84. The van der Waals surface area contributed by atoms with Crippen LogP contribution in [0.25, 0.3) is 22.6 Å². The van der Waals surface area contributed by atoms with Crippen LogP contribution in [0.5, 0.6) is 0 Å². The van der Waals surface area contributed by atoms with Crippen molar-refractivity contribution in [3.63, 3.8) is 0 Å². The molecular weight excluding hydrogens is 374 g/mol. The molecule has 0 radical (unpaired) electrons. The highest BCUT2D eigenvalue weighted by Crippen LogP contribution is 2.23. The molecule has 2 amide bonds. The van der Waals surface area contributed by atoms with Crippen LogP contribution in [0.2, 0.25) is 0 Å². The van der Waals surface area contributed by atoms with Gasteiger partial charge in [0.1, 0.15) is 5.69 Å². The van der Waals surface area contributed by atoms with Crippen LogP contribution in [0, 0.1) is 0 Å². The molecule has 0 atom stereocenters. The summed E-state index contributed by atoms with van der Waals surface area (Å²) in [6, 6.07) is 9.19. The number of amides is 2. The zero-order valence-electron chi connectivity index (χ0n) is 15.0. The first kappa shape index (κ1) is 17.8. The van der Waals surface area contributed by atoms with Gasteiger partial charge in [-0.2, -0.15) is 5.10 Å². The van der Waals surface area contributed by atoms with Gasteiger partial charge in [-0.3, -0.25) is 20.0 Å². The van der Waals surface area contributed by atoms with Gasteiger partial charge in [-0.1, -0.05) is 6.07 Å². The minimum Gasteiger partial charge on any atom is -0.334 e. The molecule has 0 aliphatic carbocycles. The molecule has 2 N–H and O–H groups in total. The molecular formula is C19H17N7OS. The number of carbonyl (C=O) groups excluding carboxylic acids is 1. The van der Waals surface area contributed by atoms with E-state index in [2.05, 4.69) is 30.7 Å². The van der Waals surface area contributed by atoms with Gasteiger partial charge < -0.3 is 5.32 Å². The Hall–Kier alpha value is -3.59. The van der Waals surface area contributed by atoms with Gasteiger partial charge in [-0.05, 0) is 29.8 Å². The van der Waals surface area contributed by atoms with Crippen molar-refractivity contribution in [2.45, 2.75) is 6.54 Å². The molecule has 0 fully saturated rings. The van der Waals surface area contributed by atoms with Gasteiger partial charge >= 0.3 is 6.03 Å². The third kappa shape index (κ3) is 4.04. The fraction of sp³-hybridized carbons (Fsp3) is 0.105. The standard InChI is InChI=1S/C19H17N7OS/c1-26-17(5-7-23-26)14-8-13(9-20-11-14)10-22-18(27)25-19-24-16(12-28-19)15-4-2-3-6-21-15/h2-9,11-12H,10H2,1H3,(H2,22,24,25,27). The molecule has 0 saturated carbocycles. The Morgan fingerprint density at radius 2 is 2.11 bits per heavy atom. The molecule has 9 heteroatoms. The lowest BCUT2D eigenvalue weighted by Gasteiger charge is -2.07. The van der Waals surface area contributed by atoms with Crippen molar-refractivity contribution in [2.75, 3.05) is 5.32 Å². The second-order valence-electron chi connectivity index (χ2n) is 5.98. The highest BCUT2D eigenvalue weighted by atomic mass is 32.1. The van der Waals surface area contributed by atoms with E-state index in [1.54, 1.807) is 29.5 Å². The van der Waals surface area contributed by atoms with E-state index < -0.39 is 0 Å². The lowest BCUT2D eigenvalue weighted by atomic mass is 10.1. The van der Waals surface area contributed by atoms with E-state index in [9.17, 15) is 4.79 Å². The SMILES string of the molecule is Cn1nccc1-c1cncc(CNC(=O)Nc2nc(-c3ccccn3)cs2)c1. The summed E-state index contributed by atoms with van der Waals surface area (Å²) < 4.78 is 1.78. The molecule has 4 aromatic rings. The van der Waals surface area contributed by atoms with Crippen molar-refractivity contribution < 1.29 is 4.79 Å². The average molecular weight is 391 g/mol. The monoisotopic (exact) mass is 391 g/mol. The number of hydrogen-bond donors (Lipinski definition) is 2. The molecule has 4 rings (SSSR count). The van der Waals surface area contributed by atoms with Gasteiger partial charge in [-0.15, -0.1) is 11.3 Å². The Balaban J connectivity index is 1.36. The minimum atomic E-state index is -0.326. The molecule has 0 bridgehead atoms. The smallest absolute Gasteiger partial charge is 0.321 e. The van der Waals surface area contributed by atoms with Crippen LogP contribution < -0.4 is 10.6 Å². The molecule has 0 unspecified atom stereocenters. The van der Waals surface area contributed by atoms with Crippen LogP contribution >= 0.6 is 11.3 Å². The first-order valence-electron chi connectivity index (χ1n) is 8.53. The summed E-state index contributed by atoms with van der Waals surface area (Å²) >= 11 is 1.35. The quantitative estimate of drug-likeness (QED) is 0.544. The third-order valence-electron chi connectivity index (χ3n) is 4.02. The molecule has 4 heterocycles. The molecule has 0 spiro atoms. The molecule has 28 heavy (non-hydrogen) atoms. The number of rotatable bonds is 5. The summed E-state index contributed by atoms with van der Waals surface area (Å²) in [5, 5.41) is 12.1. The first-order valence-corrected chi connectivity index (χ1v) is 9.41. The Labute approximate surface area is 165 Å². The predicted octanol–water partition coefficient (Wildman–Crippen LogP) is 3.32. The summed E-state index contributed by atoms with van der Waals surface area (Å²) in [6.07, 6.45) is 6.95. The summed E-state index contributed by atoms with van der Waals surface area (Å²) in [7, 11) is 1.88. The van der Waals surface area contributed by atoms with Crippen molar-refractivity contribution >= 4 is 22.5 Å². The zero-order chi connectivity index (χ0) is 19.3. The first-order chi connectivity index (χ1) is 13.7. The van der Waals surface area contributed by atoms with Crippen molar-refractivity contribution in [2.24, 2.45) is 7.05 Å². The van der Waals surface area contributed by atoms with Crippen molar-refractivity contribution in [3.8, 4) is 22.6 Å². The van der Waals surface area contributed by atoms with Crippen LogP contribution in [-0.4, -0.2) is 30.8 Å². The van der Waals surface area contributed by atoms with Crippen LogP contribution in [-0.2, 0) is 13.6 Å². The maximum Gasteiger partial charge on any atom is 0.321 e. The number of aryl methyl sites for hydroxylation is 1. The minimum absolute atomic E-state index is 0.326. The van der Waals surface area contributed by atoms with Gasteiger partial charge in [0.2, 0.25) is 0 Å². The topological polar surface area (TPSA) is 97.6 Å². The van der Waals surface area contributed by atoms with Crippen molar-refractivity contribution in [1.29, 1.82) is 0 Å². The maximum atomic E-state index is 12.2. The largest absolute Gasteiger partial charge is 0.334 e. The van der Waals surface area contributed by atoms with E-state index in [0.29, 0.717) is 11.7 Å². The Kier molecular flexibility index (Phi) is 5.07. The van der Waals surface area contributed by atoms with Gasteiger partial charge in [-0.25, -0.2) is 9.78 Å². The Morgan fingerprint density at radius 1 is 1.18 bits per heavy atom. The summed E-state index contributed by atoms with van der Waals surface area (Å²) in [4.78, 5) is 25.1. The highest BCUT2D eigenvalue weighted by molar-refractivity contribution is 7.14. The number of nitrogens with zero attached hydrogens (tertiary/aromatic N) is 5. The summed E-state index contributed by atoms with van der Waals surface area (Å²) in [5.74, 6) is 0. The van der Waals surface area contributed by atoms with Crippen molar-refractivity contribution in [1.82, 2.24) is 30.0 Å². The number of thiazole rings is 1. The Morgan fingerprint density at radius 3 is 2.89 bits per heavy atom. The van der Waals surface area contributed by atoms with Crippen molar-refractivity contribution in [3.05, 3.63) is 66.1 Å². The number of nitrogens with one attached hydrogen (secondary N) is 2. The van der Waals surface area contributed by atoms with E-state index in [-0.39, 0.29) is 6.03 Å². The van der Waals surface area contributed by atoms with E-state index in [4.69, 9.17) is 0 Å². The van der Waals surface area contributed by atoms with Gasteiger partial charge in [0, 0.05) is 49.3 Å². The fourth-order valence-electron chi connectivity index (χ4n) is 2.67. The summed E-state index contributed by atoms with van der Waals surface area (Å²) in [6.45, 7) is 0.350. The molecule has 0 aromatic carbocycles. The number of hydrogen-bond acceptors (Lipinski definition) is 6. The fourth-order valence-corrected chi connectivity index (χ4v) is 3.37. The molecule has 140 valence electrons. The van der Waals surface area contributed by atoms with Crippen LogP contribution in [0.1, 0.15) is 5.56 Å². The number of pyridine rings is 2. The summed E-state index contributed by atoms with van der Waals surface area (Å²) in [5.41, 5.74) is 4.30. The van der Waals surface area contributed by atoms with Gasteiger partial charge in [0.05, 0.1) is 11.4 Å². The maximum absolute atomic E-state index is 12.2. The van der Waals surface area contributed by atoms with Crippen LogP contribution in [0.3, 0.4) is 0 Å². The number of carbonyl (C=O) groups is 1. The highest BCUT2D eigenvalue weighted by Gasteiger charge is 2.09. The van der Waals surface area contributed by atoms with Crippen LogP contribution in [0.15, 0.2) is 60.5 Å². The van der Waals surface area contributed by atoms with Crippen LogP contribution in [0.4, 0.5) is 9.93 Å². The number of anilines is 1. The third-order valence-corrected chi connectivity index (χ3v) is 4.77. The molecule has 0 saturated heterocycles. The molecule has 0 aliphatic rings. The normalized spacial score (nSPS) is 10.6. The second kappa shape index (κ2) is 7.97. The lowest BCUT2D eigenvalue weighted by Crippen LogP contribution is -2.28. The number of aromatic nitrogens is 5. The van der Waals surface area contributed by atoms with E-state index in [1.807, 2.05) is 42.8 Å². The van der Waals surface area contributed by atoms with E-state index in [0.717, 1.165) is 28.2 Å².